The molecule has 0 spiro atoms. The highest BCUT2D eigenvalue weighted by Gasteiger charge is 2.24. The number of benzene rings is 2. The second-order valence-corrected chi connectivity index (χ2v) is 6.78. The summed E-state index contributed by atoms with van der Waals surface area (Å²) < 4.78 is 64.8. The molecule has 2 aromatic carbocycles. The molecule has 0 radical (unpaired) electrons. The topological polar surface area (TPSA) is 31.4 Å². The molecular weight excluding hydrogens is 398 g/mol. The van der Waals surface area contributed by atoms with E-state index >= 15 is 0 Å². The summed E-state index contributed by atoms with van der Waals surface area (Å²) in [6.45, 7) is 6.10. The van der Waals surface area contributed by atoms with Crippen LogP contribution in [0, 0.1) is 44.3 Å². The molecule has 0 saturated carbocycles. The number of halogens is 4. The van der Waals surface area contributed by atoms with Gasteiger partial charge in [-0.2, -0.15) is 22.5 Å². The lowest BCUT2D eigenvalue weighted by atomic mass is 10.00. The van der Waals surface area contributed by atoms with Gasteiger partial charge < -0.3 is 9.47 Å². The van der Waals surface area contributed by atoms with Gasteiger partial charge in [-0.15, -0.1) is 0 Å². The zero-order valence-electron chi connectivity index (χ0n) is 16.8. The average molecular weight is 417 g/mol. The van der Waals surface area contributed by atoms with E-state index in [1.807, 2.05) is 39.0 Å². The van der Waals surface area contributed by atoms with Crippen LogP contribution in [-0.2, 0) is 0 Å². The summed E-state index contributed by atoms with van der Waals surface area (Å²) in [5, 5.41) is 0. The molecule has 3 rings (SSSR count). The molecule has 0 unspecified atom stereocenters. The van der Waals surface area contributed by atoms with Gasteiger partial charge in [0.1, 0.15) is 0 Å². The Kier molecular flexibility index (Phi) is 6.10. The minimum atomic E-state index is -1.80. The number of ether oxygens (including phenoxy) is 2. The zero-order chi connectivity index (χ0) is 22.0. The Labute approximate surface area is 171 Å². The van der Waals surface area contributed by atoms with Gasteiger partial charge in [-0.1, -0.05) is 30.4 Å². The molecule has 0 saturated heterocycles. The van der Waals surface area contributed by atoms with Crippen molar-refractivity contribution in [2.24, 2.45) is 0 Å². The summed E-state index contributed by atoms with van der Waals surface area (Å²) in [6, 6.07) is 8.74. The standard InChI is InChI=1S/C23H19F4NO2/c1-12-9-16(10-13(2)14(12)3)6-5-15-7-8-17(29-4)18(11-15)30-21-19(24)22(26)28-23(27)20(21)25/h5-11H,1-4H3/b6-5-. The molecule has 0 N–H and O–H groups in total. The molecule has 7 heteroatoms. The van der Waals surface area contributed by atoms with Crippen molar-refractivity contribution in [1.29, 1.82) is 0 Å². The summed E-state index contributed by atoms with van der Waals surface area (Å²) in [5.41, 5.74) is 5.12. The van der Waals surface area contributed by atoms with E-state index in [4.69, 9.17) is 9.47 Å². The van der Waals surface area contributed by atoms with Crippen LogP contribution in [0.1, 0.15) is 27.8 Å². The van der Waals surface area contributed by atoms with Gasteiger partial charge in [0.25, 0.3) is 11.9 Å². The fourth-order valence-electron chi connectivity index (χ4n) is 2.90. The van der Waals surface area contributed by atoms with Crippen molar-refractivity contribution >= 4 is 12.2 Å². The van der Waals surface area contributed by atoms with Crippen molar-refractivity contribution in [3.8, 4) is 17.2 Å². The van der Waals surface area contributed by atoms with Crippen LogP contribution in [0.4, 0.5) is 17.6 Å². The molecule has 156 valence electrons. The van der Waals surface area contributed by atoms with Crippen LogP contribution in [0.3, 0.4) is 0 Å². The summed E-state index contributed by atoms with van der Waals surface area (Å²) >= 11 is 0. The van der Waals surface area contributed by atoms with Gasteiger partial charge in [-0.25, -0.2) is 0 Å². The number of nitrogens with zero attached hydrogens (tertiary/aromatic N) is 1. The summed E-state index contributed by atoms with van der Waals surface area (Å²) in [7, 11) is 1.33. The van der Waals surface area contributed by atoms with Crippen LogP contribution in [0.25, 0.3) is 12.2 Å². The van der Waals surface area contributed by atoms with Gasteiger partial charge in [0, 0.05) is 0 Å². The summed E-state index contributed by atoms with van der Waals surface area (Å²) in [6.07, 6.45) is 3.65. The van der Waals surface area contributed by atoms with Crippen LogP contribution in [0.2, 0.25) is 0 Å². The van der Waals surface area contributed by atoms with Gasteiger partial charge in [0.05, 0.1) is 7.11 Å². The highest BCUT2D eigenvalue weighted by atomic mass is 19.2. The Bertz CT molecular complexity index is 1090. The van der Waals surface area contributed by atoms with E-state index in [0.717, 1.165) is 16.7 Å². The average Bonchev–Trinajstić information content (AvgIpc) is 2.72. The normalized spacial score (nSPS) is 11.2. The van der Waals surface area contributed by atoms with E-state index in [9.17, 15) is 17.6 Å². The van der Waals surface area contributed by atoms with Gasteiger partial charge >= 0.3 is 0 Å². The molecule has 1 aromatic heterocycles. The molecule has 30 heavy (non-hydrogen) atoms. The zero-order valence-corrected chi connectivity index (χ0v) is 16.8. The third-order valence-corrected chi connectivity index (χ3v) is 4.77. The summed E-state index contributed by atoms with van der Waals surface area (Å²) in [4.78, 5) is 2.51. The van der Waals surface area contributed by atoms with E-state index in [0.29, 0.717) is 5.56 Å². The Morgan fingerprint density at radius 2 is 1.33 bits per heavy atom. The molecule has 0 aliphatic rings. The molecule has 0 bridgehead atoms. The Hall–Kier alpha value is -3.35. The Morgan fingerprint density at radius 3 is 1.90 bits per heavy atom. The number of hydrogen-bond acceptors (Lipinski definition) is 3. The van der Waals surface area contributed by atoms with E-state index in [1.165, 1.54) is 24.8 Å². The SMILES string of the molecule is COc1ccc(/C=C\c2cc(C)c(C)c(C)c2)cc1Oc1c(F)c(F)nc(F)c1F. The van der Waals surface area contributed by atoms with Crippen LogP contribution in [0.15, 0.2) is 30.3 Å². The second kappa shape index (κ2) is 8.57. The van der Waals surface area contributed by atoms with Crippen LogP contribution in [0.5, 0.6) is 17.2 Å². The second-order valence-electron chi connectivity index (χ2n) is 6.78. The lowest BCUT2D eigenvalue weighted by Gasteiger charge is -2.12. The van der Waals surface area contributed by atoms with Crippen LogP contribution >= 0.6 is 0 Å². The molecule has 1 heterocycles. The number of rotatable bonds is 5. The largest absolute Gasteiger partial charge is 0.493 e. The third kappa shape index (κ3) is 4.30. The smallest absolute Gasteiger partial charge is 0.255 e. The first kappa shape index (κ1) is 21.4. The molecule has 0 atom stereocenters. The van der Waals surface area contributed by atoms with Gasteiger partial charge in [0.15, 0.2) is 11.5 Å². The third-order valence-electron chi connectivity index (χ3n) is 4.77. The Balaban J connectivity index is 1.97. The minimum Gasteiger partial charge on any atom is -0.493 e. The highest BCUT2D eigenvalue weighted by Crippen LogP contribution is 2.36. The maximum absolute atomic E-state index is 13.9. The van der Waals surface area contributed by atoms with Crippen LogP contribution < -0.4 is 9.47 Å². The van der Waals surface area contributed by atoms with Crippen molar-refractivity contribution in [2.75, 3.05) is 7.11 Å². The predicted octanol–water partition coefficient (Wildman–Crippen LogP) is 6.53. The predicted molar refractivity (Wildman–Crippen MR) is 107 cm³/mol. The van der Waals surface area contributed by atoms with Gasteiger partial charge in [-0.05, 0) is 60.7 Å². The molecule has 0 aliphatic carbocycles. The maximum atomic E-state index is 13.9. The molecule has 0 amide bonds. The van der Waals surface area contributed by atoms with Crippen molar-refractivity contribution < 1.29 is 27.0 Å². The number of pyridine rings is 1. The van der Waals surface area contributed by atoms with E-state index in [2.05, 4.69) is 4.98 Å². The van der Waals surface area contributed by atoms with E-state index < -0.39 is 29.3 Å². The molecule has 3 nitrogen and oxygen atoms in total. The van der Waals surface area contributed by atoms with Gasteiger partial charge in [0.2, 0.25) is 17.4 Å². The van der Waals surface area contributed by atoms with Crippen molar-refractivity contribution in [1.82, 2.24) is 4.98 Å². The Morgan fingerprint density at radius 1 is 0.767 bits per heavy atom. The van der Waals surface area contributed by atoms with Crippen molar-refractivity contribution in [3.05, 3.63) is 81.7 Å². The van der Waals surface area contributed by atoms with Crippen molar-refractivity contribution in [2.45, 2.75) is 20.8 Å². The van der Waals surface area contributed by atoms with E-state index in [-0.39, 0.29) is 11.5 Å². The monoisotopic (exact) mass is 417 g/mol. The van der Waals surface area contributed by atoms with Crippen molar-refractivity contribution in [3.63, 3.8) is 0 Å². The first-order valence-corrected chi connectivity index (χ1v) is 9.03. The molecule has 3 aromatic rings. The van der Waals surface area contributed by atoms with Gasteiger partial charge in [-0.3, -0.25) is 0 Å². The van der Waals surface area contributed by atoms with Crippen LogP contribution in [-0.4, -0.2) is 12.1 Å². The molecular formula is C23H19F4NO2. The lowest BCUT2D eigenvalue weighted by Crippen LogP contribution is -2.04. The first-order chi connectivity index (χ1) is 14.2. The number of aromatic nitrogens is 1. The maximum Gasteiger partial charge on any atom is 0.255 e. The molecule has 0 fully saturated rings. The number of hydrogen-bond donors (Lipinski definition) is 0. The minimum absolute atomic E-state index is 0.112. The highest BCUT2D eigenvalue weighted by molar-refractivity contribution is 5.72. The quantitative estimate of drug-likeness (QED) is 0.269. The fourth-order valence-corrected chi connectivity index (χ4v) is 2.90. The van der Waals surface area contributed by atoms with E-state index in [1.54, 1.807) is 12.1 Å². The first-order valence-electron chi connectivity index (χ1n) is 9.03. The number of aryl methyl sites for hydroxylation is 2. The fraction of sp³-hybridized carbons (Fsp3) is 0.174. The molecule has 0 aliphatic heterocycles. The number of methoxy groups -OCH3 is 1. The lowest BCUT2D eigenvalue weighted by molar-refractivity contribution is 0.328. The summed E-state index contributed by atoms with van der Waals surface area (Å²) in [5.74, 6) is -8.29.